The molecule has 58 valence electrons. The number of unbranched alkanes of at least 4 members (excludes halogenated alkanes) is 1. The number of hydrogen-bond acceptors (Lipinski definition) is 1. The number of nitrogens with two attached hydrogens (primary N) is 1. The van der Waals surface area contributed by atoms with E-state index in [-0.39, 0.29) is 0 Å². The van der Waals surface area contributed by atoms with Crippen molar-refractivity contribution in [3.8, 4) is 0 Å². The summed E-state index contributed by atoms with van der Waals surface area (Å²) in [5.74, 6) is 0.606. The number of hydrogen-bond donors (Lipinski definition) is 1. The molecule has 0 aromatic carbocycles. The molecule has 0 bridgehead atoms. The molecule has 10 heavy (non-hydrogen) atoms. The minimum Gasteiger partial charge on any atom is -0.330 e. The lowest BCUT2D eigenvalue weighted by atomic mass is 10.2. The van der Waals surface area contributed by atoms with Gasteiger partial charge in [0.1, 0.15) is 0 Å². The van der Waals surface area contributed by atoms with Crippen LogP contribution in [-0.2, 0) is 0 Å². The molecule has 0 fully saturated rings. The van der Waals surface area contributed by atoms with Gasteiger partial charge >= 0.3 is 0 Å². The molecule has 2 N–H and O–H groups in total. The highest BCUT2D eigenvalue weighted by atomic mass is 14.5. The molecule has 0 amide bonds. The third-order valence-electron chi connectivity index (χ3n) is 1.10. The quantitative estimate of drug-likeness (QED) is 0.468. The van der Waals surface area contributed by atoms with Gasteiger partial charge in [-0.3, -0.25) is 0 Å². The molecule has 0 unspecified atom stereocenters. The van der Waals surface area contributed by atoms with E-state index < -0.39 is 0 Å². The topological polar surface area (TPSA) is 26.0 Å². The van der Waals surface area contributed by atoms with Crippen molar-refractivity contribution >= 4 is 0 Å². The summed E-state index contributed by atoms with van der Waals surface area (Å²) in [4.78, 5) is 0. The van der Waals surface area contributed by atoms with Gasteiger partial charge in [-0.2, -0.15) is 0 Å². The Hall–Kier alpha value is -0.520. The molecule has 0 rings (SSSR count). The molecule has 0 heterocycles. The fraction of sp³-hybridized carbons (Fsp3) is 0.667. The van der Waals surface area contributed by atoms with Gasteiger partial charge in [0, 0.05) is 0 Å². The Kier molecular flexibility index (Phi) is 6.25. The largest absolute Gasteiger partial charge is 0.330 e. The van der Waals surface area contributed by atoms with Crippen molar-refractivity contribution in [2.45, 2.75) is 26.7 Å². The summed E-state index contributed by atoms with van der Waals surface area (Å²) in [5, 5.41) is 0. The van der Waals surface area contributed by atoms with E-state index in [0.29, 0.717) is 5.92 Å². The summed E-state index contributed by atoms with van der Waals surface area (Å²) < 4.78 is 0. The van der Waals surface area contributed by atoms with E-state index in [2.05, 4.69) is 25.7 Å². The summed E-state index contributed by atoms with van der Waals surface area (Å²) in [7, 11) is 0. The molecule has 1 heteroatoms. The summed E-state index contributed by atoms with van der Waals surface area (Å²) in [6.07, 6.45) is 6.24. The molecule has 0 aromatic rings. The molecule has 0 atom stereocenters. The Labute approximate surface area is 63.6 Å². The average molecular weight is 139 g/mol. The fourth-order valence-corrected chi connectivity index (χ4v) is 0.564. The molecule has 0 aliphatic carbocycles. The molecule has 0 aliphatic heterocycles. The molecule has 0 saturated heterocycles. The van der Waals surface area contributed by atoms with Crippen LogP contribution in [0.3, 0.4) is 0 Å². The zero-order chi connectivity index (χ0) is 7.82. The lowest BCUT2D eigenvalue weighted by Crippen LogP contribution is -1.96. The van der Waals surface area contributed by atoms with Gasteiger partial charge in [-0.15, -0.1) is 5.73 Å². The van der Waals surface area contributed by atoms with Crippen molar-refractivity contribution in [2.75, 3.05) is 6.54 Å². The van der Waals surface area contributed by atoms with Crippen molar-refractivity contribution in [3.05, 3.63) is 17.9 Å². The third kappa shape index (κ3) is 7.48. The SMILES string of the molecule is CC(C)C=C=CCCCN. The van der Waals surface area contributed by atoms with Gasteiger partial charge in [-0.25, -0.2) is 0 Å². The van der Waals surface area contributed by atoms with Crippen LogP contribution in [0.4, 0.5) is 0 Å². The smallest absolute Gasteiger partial charge is 0.00741 e. The van der Waals surface area contributed by atoms with Crippen LogP contribution in [0, 0.1) is 5.92 Å². The first-order chi connectivity index (χ1) is 4.77. The molecular weight excluding hydrogens is 122 g/mol. The Bertz CT molecular complexity index is 119. The highest BCUT2D eigenvalue weighted by Crippen LogP contribution is 1.92. The first-order valence-electron chi connectivity index (χ1n) is 3.88. The molecule has 0 saturated carbocycles. The Morgan fingerprint density at radius 2 is 2.20 bits per heavy atom. The van der Waals surface area contributed by atoms with Crippen LogP contribution in [0.1, 0.15) is 26.7 Å². The van der Waals surface area contributed by atoms with E-state index in [4.69, 9.17) is 5.73 Å². The van der Waals surface area contributed by atoms with E-state index in [9.17, 15) is 0 Å². The molecule has 0 spiro atoms. The molecule has 0 radical (unpaired) electrons. The minimum absolute atomic E-state index is 0.606. The maximum absolute atomic E-state index is 5.31. The van der Waals surface area contributed by atoms with E-state index in [1.807, 2.05) is 6.08 Å². The van der Waals surface area contributed by atoms with Crippen molar-refractivity contribution in [1.29, 1.82) is 0 Å². The van der Waals surface area contributed by atoms with E-state index in [1.165, 1.54) is 0 Å². The molecule has 0 aromatic heterocycles. The number of allylic oxidation sites excluding steroid dienone is 1. The highest BCUT2D eigenvalue weighted by Gasteiger charge is 1.79. The standard InChI is InChI=1S/C9H17N/c1-9(2)7-5-3-4-6-8-10/h3,7,9H,4,6,8,10H2,1-2H3. The number of rotatable bonds is 4. The second-order valence-corrected chi connectivity index (χ2v) is 2.71. The summed E-state index contributed by atoms with van der Waals surface area (Å²) in [5.41, 5.74) is 8.43. The normalized spacial score (nSPS) is 9.20. The van der Waals surface area contributed by atoms with Crippen LogP contribution in [0.15, 0.2) is 17.9 Å². The zero-order valence-corrected chi connectivity index (χ0v) is 6.93. The van der Waals surface area contributed by atoms with Gasteiger partial charge in [-0.05, 0) is 37.5 Å². The van der Waals surface area contributed by atoms with Gasteiger partial charge in [0.2, 0.25) is 0 Å². The maximum Gasteiger partial charge on any atom is -0.00741 e. The van der Waals surface area contributed by atoms with E-state index in [1.54, 1.807) is 0 Å². The zero-order valence-electron chi connectivity index (χ0n) is 6.93. The van der Waals surface area contributed by atoms with Crippen LogP contribution in [0.5, 0.6) is 0 Å². The van der Waals surface area contributed by atoms with Gasteiger partial charge < -0.3 is 5.73 Å². The second-order valence-electron chi connectivity index (χ2n) is 2.71. The minimum atomic E-state index is 0.606. The Morgan fingerprint density at radius 1 is 1.50 bits per heavy atom. The van der Waals surface area contributed by atoms with Crippen molar-refractivity contribution in [1.82, 2.24) is 0 Å². The lowest BCUT2D eigenvalue weighted by molar-refractivity contribution is 0.829. The van der Waals surface area contributed by atoms with E-state index in [0.717, 1.165) is 19.4 Å². The maximum atomic E-state index is 5.31. The first-order valence-corrected chi connectivity index (χ1v) is 3.88. The fourth-order valence-electron chi connectivity index (χ4n) is 0.564. The van der Waals surface area contributed by atoms with Crippen molar-refractivity contribution in [3.63, 3.8) is 0 Å². The van der Waals surface area contributed by atoms with Crippen LogP contribution < -0.4 is 5.73 Å². The lowest BCUT2D eigenvalue weighted by Gasteiger charge is -1.87. The van der Waals surface area contributed by atoms with Crippen molar-refractivity contribution < 1.29 is 0 Å². The van der Waals surface area contributed by atoms with Crippen molar-refractivity contribution in [2.24, 2.45) is 11.7 Å². The summed E-state index contributed by atoms with van der Waals surface area (Å²) in [6.45, 7) is 5.06. The van der Waals surface area contributed by atoms with Gasteiger partial charge in [0.05, 0.1) is 0 Å². The Balaban J connectivity index is 3.35. The molecule has 1 nitrogen and oxygen atoms in total. The van der Waals surface area contributed by atoms with Crippen LogP contribution >= 0.6 is 0 Å². The van der Waals surface area contributed by atoms with Gasteiger partial charge in [0.15, 0.2) is 0 Å². The predicted molar refractivity (Wildman–Crippen MR) is 45.8 cm³/mol. The highest BCUT2D eigenvalue weighted by molar-refractivity contribution is 4.86. The van der Waals surface area contributed by atoms with Crippen LogP contribution in [-0.4, -0.2) is 6.54 Å². The van der Waals surface area contributed by atoms with Crippen LogP contribution in [0.2, 0.25) is 0 Å². The Morgan fingerprint density at radius 3 is 2.70 bits per heavy atom. The van der Waals surface area contributed by atoms with E-state index >= 15 is 0 Å². The molecular formula is C9H17N. The summed E-state index contributed by atoms with van der Waals surface area (Å²) >= 11 is 0. The van der Waals surface area contributed by atoms with Gasteiger partial charge in [0.25, 0.3) is 0 Å². The monoisotopic (exact) mass is 139 g/mol. The third-order valence-corrected chi connectivity index (χ3v) is 1.10. The average Bonchev–Trinajstić information content (AvgIpc) is 1.87. The predicted octanol–water partition coefficient (Wildman–Crippen LogP) is 2.09. The van der Waals surface area contributed by atoms with Crippen LogP contribution in [0.25, 0.3) is 0 Å². The molecule has 0 aliphatic rings. The van der Waals surface area contributed by atoms with Gasteiger partial charge in [-0.1, -0.05) is 13.8 Å². The second kappa shape index (κ2) is 6.60. The summed E-state index contributed by atoms with van der Waals surface area (Å²) in [6, 6.07) is 0. The first kappa shape index (κ1) is 9.48.